The van der Waals surface area contributed by atoms with Gasteiger partial charge in [-0.25, -0.2) is 9.78 Å². The smallest absolute Gasteiger partial charge is 0.407 e. The highest BCUT2D eigenvalue weighted by Gasteiger charge is 2.32. The predicted octanol–water partition coefficient (Wildman–Crippen LogP) is 3.43. The SMILES string of the molecule is CN(C(=O)O)C(c1ccc(Cl)nc1)C(C)(C)C. The van der Waals surface area contributed by atoms with E-state index in [2.05, 4.69) is 4.98 Å². The van der Waals surface area contributed by atoms with Crippen LogP contribution in [0.5, 0.6) is 0 Å². The molecule has 1 amide bonds. The van der Waals surface area contributed by atoms with Gasteiger partial charge in [0.15, 0.2) is 0 Å². The number of amides is 1. The van der Waals surface area contributed by atoms with Crippen LogP contribution in [-0.2, 0) is 0 Å². The second kappa shape index (κ2) is 4.92. The summed E-state index contributed by atoms with van der Waals surface area (Å²) in [5.41, 5.74) is 0.620. The molecule has 17 heavy (non-hydrogen) atoms. The third-order valence-electron chi connectivity index (χ3n) is 2.58. The molecule has 1 N–H and O–H groups in total. The monoisotopic (exact) mass is 256 g/mol. The summed E-state index contributed by atoms with van der Waals surface area (Å²) in [5, 5.41) is 9.51. The molecule has 0 aliphatic rings. The van der Waals surface area contributed by atoms with Crippen molar-refractivity contribution >= 4 is 17.7 Å². The van der Waals surface area contributed by atoms with Crippen molar-refractivity contribution in [3.05, 3.63) is 29.0 Å². The van der Waals surface area contributed by atoms with Gasteiger partial charge in [-0.15, -0.1) is 0 Å². The minimum Gasteiger partial charge on any atom is -0.465 e. The predicted molar refractivity (Wildman–Crippen MR) is 67.2 cm³/mol. The summed E-state index contributed by atoms with van der Waals surface area (Å²) < 4.78 is 0. The third kappa shape index (κ3) is 3.33. The second-order valence-corrected chi connectivity index (χ2v) is 5.46. The zero-order chi connectivity index (χ0) is 13.2. The molecule has 94 valence electrons. The van der Waals surface area contributed by atoms with E-state index in [0.29, 0.717) is 5.15 Å². The van der Waals surface area contributed by atoms with E-state index in [4.69, 9.17) is 16.7 Å². The maximum absolute atomic E-state index is 11.1. The summed E-state index contributed by atoms with van der Waals surface area (Å²) in [5.74, 6) is 0. The molecule has 0 bridgehead atoms. The van der Waals surface area contributed by atoms with E-state index < -0.39 is 6.09 Å². The summed E-state index contributed by atoms with van der Waals surface area (Å²) >= 11 is 5.73. The fourth-order valence-corrected chi connectivity index (χ4v) is 2.08. The molecule has 1 heterocycles. The van der Waals surface area contributed by atoms with E-state index in [1.807, 2.05) is 26.8 Å². The van der Waals surface area contributed by atoms with Crippen LogP contribution in [0.1, 0.15) is 32.4 Å². The lowest BCUT2D eigenvalue weighted by atomic mass is 9.82. The first kappa shape index (κ1) is 13.8. The van der Waals surface area contributed by atoms with Crippen LogP contribution in [0.25, 0.3) is 0 Å². The van der Waals surface area contributed by atoms with Crippen LogP contribution < -0.4 is 0 Å². The van der Waals surface area contributed by atoms with Crippen LogP contribution in [0.4, 0.5) is 4.79 Å². The molecule has 1 rings (SSSR count). The van der Waals surface area contributed by atoms with Crippen molar-refractivity contribution in [3.63, 3.8) is 0 Å². The molecule has 0 spiro atoms. The first-order chi connectivity index (χ1) is 7.73. The number of nitrogens with zero attached hydrogens (tertiary/aromatic N) is 2. The Balaban J connectivity index is 3.15. The molecule has 1 aromatic rings. The van der Waals surface area contributed by atoms with Crippen molar-refractivity contribution in [2.75, 3.05) is 7.05 Å². The van der Waals surface area contributed by atoms with Gasteiger partial charge in [-0.2, -0.15) is 0 Å². The Morgan fingerprint density at radius 1 is 1.47 bits per heavy atom. The van der Waals surface area contributed by atoms with Crippen LogP contribution in [0.3, 0.4) is 0 Å². The number of halogens is 1. The molecule has 0 aromatic carbocycles. The summed E-state index contributed by atoms with van der Waals surface area (Å²) in [6, 6.07) is 3.22. The molecule has 0 aliphatic carbocycles. The molecule has 0 aliphatic heterocycles. The molecule has 0 saturated heterocycles. The lowest BCUT2D eigenvalue weighted by Gasteiger charge is -2.36. The van der Waals surface area contributed by atoms with E-state index in [1.165, 1.54) is 4.90 Å². The minimum absolute atomic E-state index is 0.220. The average Bonchev–Trinajstić information content (AvgIpc) is 2.19. The van der Waals surface area contributed by atoms with Gasteiger partial charge in [0.2, 0.25) is 0 Å². The standard InChI is InChI=1S/C12H17ClN2O2/c1-12(2,3)10(15(4)11(16)17)8-5-6-9(13)14-7-8/h5-7,10H,1-4H3,(H,16,17). The Morgan fingerprint density at radius 2 is 2.06 bits per heavy atom. The molecular formula is C12H17ClN2O2. The topological polar surface area (TPSA) is 53.4 Å². The fraction of sp³-hybridized carbons (Fsp3) is 0.500. The van der Waals surface area contributed by atoms with Crippen LogP contribution in [0, 0.1) is 5.41 Å². The molecule has 0 fully saturated rings. The van der Waals surface area contributed by atoms with Crippen LogP contribution in [-0.4, -0.2) is 28.1 Å². The lowest BCUT2D eigenvalue weighted by molar-refractivity contribution is 0.0985. The number of carboxylic acid groups (broad SMARTS) is 1. The third-order valence-corrected chi connectivity index (χ3v) is 2.80. The maximum atomic E-state index is 11.1. The number of pyridine rings is 1. The number of aromatic nitrogens is 1. The van der Waals surface area contributed by atoms with Crippen molar-refractivity contribution in [3.8, 4) is 0 Å². The van der Waals surface area contributed by atoms with Gasteiger partial charge < -0.3 is 10.0 Å². The van der Waals surface area contributed by atoms with E-state index in [0.717, 1.165) is 5.56 Å². The number of carbonyl (C=O) groups is 1. The van der Waals surface area contributed by atoms with Gasteiger partial charge in [0, 0.05) is 13.2 Å². The van der Waals surface area contributed by atoms with Crippen molar-refractivity contribution in [1.29, 1.82) is 0 Å². The lowest BCUT2D eigenvalue weighted by Crippen LogP contribution is -2.37. The Hall–Kier alpha value is -1.29. The number of rotatable bonds is 2. The molecule has 1 unspecified atom stereocenters. The van der Waals surface area contributed by atoms with Crippen LogP contribution in [0.2, 0.25) is 5.15 Å². The number of hydrogen-bond donors (Lipinski definition) is 1. The van der Waals surface area contributed by atoms with Gasteiger partial charge in [0.1, 0.15) is 5.15 Å². The Kier molecular flexibility index (Phi) is 3.98. The van der Waals surface area contributed by atoms with Crippen LogP contribution in [0.15, 0.2) is 18.3 Å². The maximum Gasteiger partial charge on any atom is 0.407 e. The van der Waals surface area contributed by atoms with E-state index in [1.54, 1.807) is 19.3 Å². The Labute approximate surface area is 106 Å². The van der Waals surface area contributed by atoms with Crippen molar-refractivity contribution in [2.24, 2.45) is 5.41 Å². The van der Waals surface area contributed by atoms with Crippen molar-refractivity contribution in [2.45, 2.75) is 26.8 Å². The molecule has 4 nitrogen and oxygen atoms in total. The highest BCUT2D eigenvalue weighted by atomic mass is 35.5. The van der Waals surface area contributed by atoms with Gasteiger partial charge in [0.05, 0.1) is 6.04 Å². The second-order valence-electron chi connectivity index (χ2n) is 5.08. The van der Waals surface area contributed by atoms with Gasteiger partial charge in [-0.1, -0.05) is 38.4 Å². The van der Waals surface area contributed by atoms with Gasteiger partial charge in [-0.3, -0.25) is 0 Å². The highest BCUT2D eigenvalue weighted by Crippen LogP contribution is 2.37. The molecule has 0 saturated carbocycles. The first-order valence-corrected chi connectivity index (χ1v) is 5.68. The first-order valence-electron chi connectivity index (χ1n) is 5.30. The van der Waals surface area contributed by atoms with Gasteiger partial charge in [-0.05, 0) is 17.0 Å². The Morgan fingerprint density at radius 3 is 2.41 bits per heavy atom. The molecular weight excluding hydrogens is 240 g/mol. The largest absolute Gasteiger partial charge is 0.465 e. The van der Waals surface area contributed by atoms with E-state index in [9.17, 15) is 4.79 Å². The summed E-state index contributed by atoms with van der Waals surface area (Å²) in [4.78, 5) is 16.4. The Bertz CT molecular complexity index is 398. The zero-order valence-corrected chi connectivity index (χ0v) is 11.2. The quantitative estimate of drug-likeness (QED) is 0.825. The highest BCUT2D eigenvalue weighted by molar-refractivity contribution is 6.29. The molecule has 5 heteroatoms. The summed E-state index contributed by atoms with van der Waals surface area (Å²) in [7, 11) is 1.56. The number of hydrogen-bond acceptors (Lipinski definition) is 2. The minimum atomic E-state index is -0.958. The average molecular weight is 257 g/mol. The molecule has 1 atom stereocenters. The van der Waals surface area contributed by atoms with E-state index in [-0.39, 0.29) is 11.5 Å². The fourth-order valence-electron chi connectivity index (χ4n) is 1.96. The normalized spacial score (nSPS) is 13.2. The summed E-state index contributed by atoms with van der Waals surface area (Å²) in [6.07, 6.45) is 0.664. The van der Waals surface area contributed by atoms with Crippen LogP contribution >= 0.6 is 11.6 Å². The van der Waals surface area contributed by atoms with Crippen molar-refractivity contribution < 1.29 is 9.90 Å². The zero-order valence-electron chi connectivity index (χ0n) is 10.4. The molecule has 1 aromatic heterocycles. The van der Waals surface area contributed by atoms with E-state index >= 15 is 0 Å². The van der Waals surface area contributed by atoms with Gasteiger partial charge in [0.25, 0.3) is 0 Å². The summed E-state index contributed by atoms with van der Waals surface area (Å²) in [6.45, 7) is 5.98. The van der Waals surface area contributed by atoms with Gasteiger partial charge >= 0.3 is 6.09 Å². The van der Waals surface area contributed by atoms with Crippen molar-refractivity contribution in [1.82, 2.24) is 9.88 Å². The molecule has 0 radical (unpaired) electrons.